The Morgan fingerprint density at radius 3 is 2.83 bits per heavy atom. The van der Waals surface area contributed by atoms with Gasteiger partial charge in [-0.25, -0.2) is 8.42 Å². The molecule has 0 spiro atoms. The molecule has 2 aromatic heterocycles. The number of para-hydroxylation sites is 2. The lowest BCUT2D eigenvalue weighted by Crippen LogP contribution is -2.27. The van der Waals surface area contributed by atoms with E-state index in [4.69, 9.17) is 9.26 Å². The Morgan fingerprint density at radius 1 is 1.30 bits per heavy atom. The van der Waals surface area contributed by atoms with Crippen LogP contribution in [0.25, 0.3) is 11.4 Å². The summed E-state index contributed by atoms with van der Waals surface area (Å²) in [4.78, 5) is 18.2. The van der Waals surface area contributed by atoms with Gasteiger partial charge in [0.15, 0.2) is 0 Å². The Morgan fingerprint density at radius 2 is 2.07 bits per heavy atom. The van der Waals surface area contributed by atoms with Gasteiger partial charge in [0, 0.05) is 24.0 Å². The molecule has 1 saturated heterocycles. The van der Waals surface area contributed by atoms with Crippen LogP contribution in [0.4, 0.5) is 5.69 Å². The van der Waals surface area contributed by atoms with Gasteiger partial charge >= 0.3 is 11.8 Å². The van der Waals surface area contributed by atoms with Crippen LogP contribution in [0.3, 0.4) is 0 Å². The Kier molecular flexibility index (Phi) is 5.73. The number of nitrogens with zero attached hydrogens (tertiary/aromatic N) is 3. The molecule has 158 valence electrons. The van der Waals surface area contributed by atoms with Crippen molar-refractivity contribution in [3.05, 3.63) is 41.6 Å². The van der Waals surface area contributed by atoms with E-state index in [0.717, 1.165) is 24.2 Å². The molecule has 30 heavy (non-hydrogen) atoms. The van der Waals surface area contributed by atoms with Crippen LogP contribution in [0.2, 0.25) is 0 Å². The van der Waals surface area contributed by atoms with E-state index in [9.17, 15) is 13.2 Å². The highest BCUT2D eigenvalue weighted by molar-refractivity contribution is 7.94. The molecule has 0 radical (unpaired) electrons. The van der Waals surface area contributed by atoms with Gasteiger partial charge in [0.1, 0.15) is 9.96 Å². The molecule has 0 bridgehead atoms. The molecule has 0 unspecified atom stereocenters. The fraction of sp³-hybridized carbons (Fsp3) is 0.316. The Bertz CT molecular complexity index is 1150. The van der Waals surface area contributed by atoms with E-state index in [1.165, 1.54) is 6.07 Å². The zero-order valence-electron chi connectivity index (χ0n) is 16.2. The maximum Gasteiger partial charge on any atom is 0.316 e. The normalized spacial score (nSPS) is 14.1. The molecule has 1 N–H and O–H groups in total. The van der Waals surface area contributed by atoms with Crippen molar-refractivity contribution in [2.24, 2.45) is 0 Å². The summed E-state index contributed by atoms with van der Waals surface area (Å²) in [5.41, 5.74) is 0.815. The number of benzene rings is 1. The number of likely N-dealkylation sites (tertiary alicyclic amines) is 1. The summed E-state index contributed by atoms with van der Waals surface area (Å²) < 4.78 is 38.8. The lowest BCUT2D eigenvalue weighted by Gasteiger charge is -2.11. The van der Waals surface area contributed by atoms with Crippen molar-refractivity contribution in [3.8, 4) is 17.1 Å². The first kappa shape index (κ1) is 20.4. The van der Waals surface area contributed by atoms with Gasteiger partial charge in [0.2, 0.25) is 5.82 Å². The largest absolute Gasteiger partial charge is 0.492 e. The van der Waals surface area contributed by atoms with Gasteiger partial charge < -0.3 is 14.2 Å². The van der Waals surface area contributed by atoms with Gasteiger partial charge in [-0.2, -0.15) is 4.98 Å². The third-order valence-electron chi connectivity index (χ3n) is 4.53. The summed E-state index contributed by atoms with van der Waals surface area (Å²) in [6.45, 7) is 3.58. The second-order valence-corrected chi connectivity index (χ2v) is 9.43. The summed E-state index contributed by atoms with van der Waals surface area (Å²) in [5, 5.41) is 5.44. The van der Waals surface area contributed by atoms with Crippen molar-refractivity contribution < 1.29 is 22.5 Å². The Labute approximate surface area is 177 Å². The number of nitrogens with one attached hydrogen (secondary N) is 1. The predicted molar refractivity (Wildman–Crippen MR) is 111 cm³/mol. The fourth-order valence-electron chi connectivity index (χ4n) is 3.09. The number of carbonyl (C=O) groups excluding carboxylic acids is 1. The number of aromatic nitrogens is 2. The molecule has 3 heterocycles. The predicted octanol–water partition coefficient (Wildman–Crippen LogP) is 3.23. The van der Waals surface area contributed by atoms with Crippen molar-refractivity contribution in [1.29, 1.82) is 0 Å². The molecule has 11 heteroatoms. The molecule has 3 aromatic rings. The monoisotopic (exact) mass is 448 g/mol. The van der Waals surface area contributed by atoms with Crippen molar-refractivity contribution in [2.45, 2.75) is 24.0 Å². The van der Waals surface area contributed by atoms with Crippen LogP contribution in [0.15, 0.2) is 44.4 Å². The van der Waals surface area contributed by atoms with Crippen LogP contribution in [0, 0.1) is 0 Å². The van der Waals surface area contributed by atoms with Crippen LogP contribution < -0.4 is 9.46 Å². The first-order chi connectivity index (χ1) is 14.5. The van der Waals surface area contributed by atoms with E-state index in [0.29, 0.717) is 36.7 Å². The molecule has 1 aliphatic rings. The third-order valence-corrected chi connectivity index (χ3v) is 7.34. The van der Waals surface area contributed by atoms with Crippen LogP contribution >= 0.6 is 11.3 Å². The summed E-state index contributed by atoms with van der Waals surface area (Å²) >= 11 is 1.02. The molecule has 0 atom stereocenters. The van der Waals surface area contributed by atoms with Crippen LogP contribution in [0.1, 0.15) is 30.5 Å². The highest BCUT2D eigenvalue weighted by Gasteiger charge is 2.26. The number of rotatable bonds is 7. The number of sulfonamides is 1. The van der Waals surface area contributed by atoms with E-state index in [2.05, 4.69) is 14.9 Å². The van der Waals surface area contributed by atoms with E-state index in [1.54, 1.807) is 34.5 Å². The van der Waals surface area contributed by atoms with Gasteiger partial charge in [-0.3, -0.25) is 9.52 Å². The van der Waals surface area contributed by atoms with E-state index in [1.807, 2.05) is 6.92 Å². The molecule has 9 nitrogen and oxygen atoms in total. The summed E-state index contributed by atoms with van der Waals surface area (Å²) in [6.07, 6.45) is 1.91. The lowest BCUT2D eigenvalue weighted by molar-refractivity contribution is 0.0743. The number of ether oxygens (including phenoxy) is 1. The highest BCUT2D eigenvalue weighted by Crippen LogP contribution is 2.31. The number of anilines is 1. The number of carbonyl (C=O) groups is 1. The minimum Gasteiger partial charge on any atom is -0.492 e. The average molecular weight is 449 g/mol. The highest BCUT2D eigenvalue weighted by atomic mass is 32.2. The maximum absolute atomic E-state index is 12.8. The van der Waals surface area contributed by atoms with E-state index >= 15 is 0 Å². The zero-order valence-corrected chi connectivity index (χ0v) is 17.8. The molecule has 1 aliphatic heterocycles. The molecular formula is C19H20N4O5S2. The van der Waals surface area contributed by atoms with Crippen LogP contribution in [-0.2, 0) is 10.0 Å². The molecular weight excluding hydrogens is 428 g/mol. The van der Waals surface area contributed by atoms with Crippen LogP contribution in [-0.4, -0.2) is 49.1 Å². The summed E-state index contributed by atoms with van der Waals surface area (Å²) in [6, 6.07) is 8.26. The van der Waals surface area contributed by atoms with Gasteiger partial charge in [-0.15, -0.1) is 11.3 Å². The summed E-state index contributed by atoms with van der Waals surface area (Å²) in [5.74, 6) is 0.225. The molecule has 4 rings (SSSR count). The average Bonchev–Trinajstić information content (AvgIpc) is 3.49. The van der Waals surface area contributed by atoms with Gasteiger partial charge in [0.05, 0.1) is 12.3 Å². The van der Waals surface area contributed by atoms with Crippen LogP contribution in [0.5, 0.6) is 5.75 Å². The molecule has 0 aliphatic carbocycles. The fourth-order valence-corrected chi connectivity index (χ4v) is 5.31. The molecule has 1 amide bonds. The number of hydrogen-bond donors (Lipinski definition) is 1. The van der Waals surface area contributed by atoms with Gasteiger partial charge in [0.25, 0.3) is 10.0 Å². The minimum absolute atomic E-state index is 0.0843. The lowest BCUT2D eigenvalue weighted by atomic mass is 10.3. The standard InChI is InChI=1S/C19H20N4O5S2/c1-2-27-15-8-4-3-7-14(15)22-30(25,26)16-11-13(12-29-16)17-20-18(28-21-17)19(24)23-9-5-6-10-23/h3-4,7-8,11-12,22H,2,5-6,9-10H2,1H3. The second kappa shape index (κ2) is 8.44. The summed E-state index contributed by atoms with van der Waals surface area (Å²) in [7, 11) is -3.84. The van der Waals surface area contributed by atoms with Crippen molar-refractivity contribution >= 4 is 33.0 Å². The first-order valence-electron chi connectivity index (χ1n) is 9.44. The van der Waals surface area contributed by atoms with Crippen molar-refractivity contribution in [3.63, 3.8) is 0 Å². The minimum atomic E-state index is -3.84. The molecule has 1 fully saturated rings. The number of amides is 1. The number of hydrogen-bond acceptors (Lipinski definition) is 8. The Balaban J connectivity index is 1.53. The van der Waals surface area contributed by atoms with Crippen molar-refractivity contribution in [2.75, 3.05) is 24.4 Å². The third kappa shape index (κ3) is 4.17. The quantitative estimate of drug-likeness (QED) is 0.590. The van der Waals surface area contributed by atoms with Crippen molar-refractivity contribution in [1.82, 2.24) is 15.0 Å². The van der Waals surface area contributed by atoms with E-state index in [-0.39, 0.29) is 21.8 Å². The Hall–Kier alpha value is -2.92. The molecule has 1 aromatic carbocycles. The first-order valence-corrected chi connectivity index (χ1v) is 11.8. The number of thiophene rings is 1. The van der Waals surface area contributed by atoms with Gasteiger partial charge in [-0.05, 0) is 38.0 Å². The zero-order chi connectivity index (χ0) is 21.1. The molecule has 0 saturated carbocycles. The SMILES string of the molecule is CCOc1ccccc1NS(=O)(=O)c1cc(-c2noc(C(=O)N3CCCC3)n2)cs1. The van der Waals surface area contributed by atoms with E-state index < -0.39 is 10.0 Å². The topological polar surface area (TPSA) is 115 Å². The maximum atomic E-state index is 12.8. The second-order valence-electron chi connectivity index (χ2n) is 6.61. The smallest absolute Gasteiger partial charge is 0.316 e. The van der Waals surface area contributed by atoms with Gasteiger partial charge in [-0.1, -0.05) is 17.3 Å².